The van der Waals surface area contributed by atoms with E-state index in [1.807, 2.05) is 24.3 Å². The van der Waals surface area contributed by atoms with Crippen LogP contribution in [0, 0.1) is 0 Å². The summed E-state index contributed by atoms with van der Waals surface area (Å²) in [6.45, 7) is 1.77. The molecule has 80 valence electrons. The molecule has 3 rings (SSSR count). The highest BCUT2D eigenvalue weighted by atomic mass is 35.5. The van der Waals surface area contributed by atoms with Crippen molar-refractivity contribution in [3.8, 4) is 0 Å². The van der Waals surface area contributed by atoms with Gasteiger partial charge in [-0.2, -0.15) is 0 Å². The van der Waals surface area contributed by atoms with E-state index >= 15 is 0 Å². The normalized spacial score (nSPS) is 27.9. The summed E-state index contributed by atoms with van der Waals surface area (Å²) in [5.41, 5.74) is 1.55. The third-order valence-corrected chi connectivity index (χ3v) is 3.57. The van der Waals surface area contributed by atoms with Gasteiger partial charge in [-0.1, -0.05) is 23.7 Å². The van der Waals surface area contributed by atoms with Gasteiger partial charge < -0.3 is 10.1 Å². The Labute approximate surface area is 94.6 Å². The predicted molar refractivity (Wildman–Crippen MR) is 60.1 cm³/mol. The van der Waals surface area contributed by atoms with Gasteiger partial charge in [-0.25, -0.2) is 0 Å². The van der Waals surface area contributed by atoms with Gasteiger partial charge in [0.05, 0.1) is 12.7 Å². The van der Waals surface area contributed by atoms with Crippen LogP contribution in [0.5, 0.6) is 0 Å². The summed E-state index contributed by atoms with van der Waals surface area (Å²) in [5, 5.41) is 4.35. The van der Waals surface area contributed by atoms with Crippen LogP contribution in [0.25, 0.3) is 0 Å². The number of benzene rings is 1. The number of hydrogen-bond acceptors (Lipinski definition) is 2. The first kappa shape index (κ1) is 9.64. The Morgan fingerprint density at radius 2 is 2.00 bits per heavy atom. The first-order valence-corrected chi connectivity index (χ1v) is 5.77. The van der Waals surface area contributed by atoms with Crippen LogP contribution in [0.3, 0.4) is 0 Å². The minimum Gasteiger partial charge on any atom is -0.370 e. The molecular weight excluding hydrogens is 210 g/mol. The number of ether oxygens (including phenoxy) is 1. The molecule has 1 saturated heterocycles. The van der Waals surface area contributed by atoms with Crippen molar-refractivity contribution in [2.75, 3.05) is 13.2 Å². The average molecular weight is 224 g/mol. The Hall–Kier alpha value is -0.570. The van der Waals surface area contributed by atoms with E-state index < -0.39 is 0 Å². The molecule has 0 amide bonds. The zero-order valence-corrected chi connectivity index (χ0v) is 9.26. The molecule has 1 aromatic rings. The van der Waals surface area contributed by atoms with Crippen LogP contribution in [-0.2, 0) is 4.74 Å². The molecular formula is C12H14ClNO. The molecule has 2 aliphatic rings. The lowest BCUT2D eigenvalue weighted by Gasteiger charge is -2.30. The summed E-state index contributed by atoms with van der Waals surface area (Å²) in [6, 6.07) is 7.92. The van der Waals surface area contributed by atoms with Crippen LogP contribution >= 0.6 is 11.6 Å². The molecule has 1 aliphatic heterocycles. The Balaban J connectivity index is 1.70. The molecule has 1 N–H and O–H groups in total. The summed E-state index contributed by atoms with van der Waals surface area (Å²) in [4.78, 5) is 0. The van der Waals surface area contributed by atoms with Gasteiger partial charge in [0.1, 0.15) is 0 Å². The maximum Gasteiger partial charge on any atom is 0.0950 e. The van der Waals surface area contributed by atoms with Gasteiger partial charge in [-0.05, 0) is 30.5 Å². The summed E-state index contributed by atoms with van der Waals surface area (Å²) < 4.78 is 5.88. The Morgan fingerprint density at radius 1 is 1.27 bits per heavy atom. The molecule has 1 heterocycles. The molecule has 1 aromatic carbocycles. The van der Waals surface area contributed by atoms with Gasteiger partial charge in [0, 0.05) is 17.1 Å². The molecule has 15 heavy (non-hydrogen) atoms. The van der Waals surface area contributed by atoms with E-state index in [2.05, 4.69) is 5.32 Å². The van der Waals surface area contributed by atoms with Gasteiger partial charge in [0.15, 0.2) is 0 Å². The summed E-state index contributed by atoms with van der Waals surface area (Å²) >= 11 is 5.85. The molecule has 0 radical (unpaired) electrons. The quantitative estimate of drug-likeness (QED) is 0.790. The SMILES string of the molecule is Clc1ccc(C2CNC3(CC3)CO2)cc1. The second-order valence-corrected chi connectivity index (χ2v) is 4.95. The molecule has 1 atom stereocenters. The molecule has 1 spiro atoms. The van der Waals surface area contributed by atoms with Crippen LogP contribution in [0.4, 0.5) is 0 Å². The summed E-state index contributed by atoms with van der Waals surface area (Å²) in [7, 11) is 0. The largest absolute Gasteiger partial charge is 0.370 e. The number of halogens is 1. The average Bonchev–Trinajstić information content (AvgIpc) is 3.01. The van der Waals surface area contributed by atoms with Crippen molar-refractivity contribution in [3.05, 3.63) is 34.9 Å². The monoisotopic (exact) mass is 223 g/mol. The molecule has 0 bridgehead atoms. The van der Waals surface area contributed by atoms with Crippen molar-refractivity contribution in [2.24, 2.45) is 0 Å². The van der Waals surface area contributed by atoms with E-state index in [1.165, 1.54) is 18.4 Å². The Morgan fingerprint density at radius 3 is 2.53 bits per heavy atom. The molecule has 1 aliphatic carbocycles. The summed E-state index contributed by atoms with van der Waals surface area (Å²) in [6.07, 6.45) is 2.72. The van der Waals surface area contributed by atoms with Crippen LogP contribution in [0.15, 0.2) is 24.3 Å². The van der Waals surface area contributed by atoms with Crippen LogP contribution < -0.4 is 5.32 Å². The van der Waals surface area contributed by atoms with Crippen LogP contribution in [0.1, 0.15) is 24.5 Å². The highest BCUT2D eigenvalue weighted by Crippen LogP contribution is 2.39. The Kier molecular flexibility index (Phi) is 2.23. The fourth-order valence-corrected chi connectivity index (χ4v) is 2.17. The zero-order chi connectivity index (χ0) is 10.3. The first-order valence-electron chi connectivity index (χ1n) is 5.40. The van der Waals surface area contributed by atoms with Gasteiger partial charge in [0.2, 0.25) is 0 Å². The minimum atomic E-state index is 0.188. The highest BCUT2D eigenvalue weighted by molar-refractivity contribution is 6.30. The maximum absolute atomic E-state index is 5.88. The maximum atomic E-state index is 5.88. The lowest BCUT2D eigenvalue weighted by Crippen LogP contribution is -2.44. The van der Waals surface area contributed by atoms with Crippen molar-refractivity contribution >= 4 is 11.6 Å². The van der Waals surface area contributed by atoms with Crippen LogP contribution in [-0.4, -0.2) is 18.7 Å². The van der Waals surface area contributed by atoms with Gasteiger partial charge in [-0.15, -0.1) is 0 Å². The topological polar surface area (TPSA) is 21.3 Å². The van der Waals surface area contributed by atoms with Crippen molar-refractivity contribution < 1.29 is 4.74 Å². The van der Waals surface area contributed by atoms with Gasteiger partial charge >= 0.3 is 0 Å². The van der Waals surface area contributed by atoms with Crippen molar-refractivity contribution in [2.45, 2.75) is 24.5 Å². The number of morpholine rings is 1. The number of hydrogen-bond donors (Lipinski definition) is 1. The van der Waals surface area contributed by atoms with Crippen molar-refractivity contribution in [1.29, 1.82) is 0 Å². The first-order chi connectivity index (χ1) is 7.27. The predicted octanol–water partition coefficient (Wildman–Crippen LogP) is 2.53. The second kappa shape index (κ2) is 3.48. The minimum absolute atomic E-state index is 0.188. The van der Waals surface area contributed by atoms with E-state index in [9.17, 15) is 0 Å². The van der Waals surface area contributed by atoms with Gasteiger partial charge in [0.25, 0.3) is 0 Å². The molecule has 2 fully saturated rings. The fraction of sp³-hybridized carbons (Fsp3) is 0.500. The summed E-state index contributed by atoms with van der Waals surface area (Å²) in [5.74, 6) is 0. The smallest absolute Gasteiger partial charge is 0.0950 e. The van der Waals surface area contributed by atoms with Crippen LogP contribution in [0.2, 0.25) is 5.02 Å². The standard InChI is InChI=1S/C12H14ClNO/c13-10-3-1-9(2-4-10)11-7-14-12(5-6-12)8-15-11/h1-4,11,14H,5-8H2. The zero-order valence-electron chi connectivity index (χ0n) is 8.50. The lowest BCUT2D eigenvalue weighted by molar-refractivity contribution is -0.00433. The third kappa shape index (κ3) is 1.89. The molecule has 2 nitrogen and oxygen atoms in total. The highest BCUT2D eigenvalue weighted by Gasteiger charge is 2.45. The van der Waals surface area contributed by atoms with Gasteiger partial charge in [-0.3, -0.25) is 0 Å². The second-order valence-electron chi connectivity index (χ2n) is 4.51. The van der Waals surface area contributed by atoms with E-state index in [4.69, 9.17) is 16.3 Å². The molecule has 1 unspecified atom stereocenters. The molecule has 0 aromatic heterocycles. The number of nitrogens with one attached hydrogen (secondary N) is 1. The molecule has 1 saturated carbocycles. The van der Waals surface area contributed by atoms with E-state index in [0.717, 1.165) is 18.2 Å². The Bertz CT molecular complexity index is 348. The molecule has 3 heteroatoms. The third-order valence-electron chi connectivity index (χ3n) is 3.32. The van der Waals surface area contributed by atoms with E-state index in [-0.39, 0.29) is 6.10 Å². The lowest BCUT2D eigenvalue weighted by atomic mass is 10.1. The van der Waals surface area contributed by atoms with E-state index in [1.54, 1.807) is 0 Å². The number of rotatable bonds is 1. The van der Waals surface area contributed by atoms with Crippen molar-refractivity contribution in [3.63, 3.8) is 0 Å². The van der Waals surface area contributed by atoms with Crippen molar-refractivity contribution in [1.82, 2.24) is 5.32 Å². The fourth-order valence-electron chi connectivity index (χ4n) is 2.04. The van der Waals surface area contributed by atoms with E-state index in [0.29, 0.717) is 5.54 Å².